The van der Waals surface area contributed by atoms with Crippen molar-refractivity contribution in [3.05, 3.63) is 34.9 Å². The van der Waals surface area contributed by atoms with Gasteiger partial charge >= 0.3 is 0 Å². The molecule has 1 rings (SSSR count). The third-order valence-electron chi connectivity index (χ3n) is 2.01. The second kappa shape index (κ2) is 5.73. The molecule has 0 saturated carbocycles. The van der Waals surface area contributed by atoms with Gasteiger partial charge in [-0.15, -0.1) is 0 Å². The Bertz CT molecular complexity index is 322. The van der Waals surface area contributed by atoms with E-state index in [1.165, 1.54) is 6.92 Å². The zero-order chi connectivity index (χ0) is 11.3. The molecule has 0 heterocycles. The van der Waals surface area contributed by atoms with Gasteiger partial charge in [-0.3, -0.25) is 4.79 Å². The summed E-state index contributed by atoms with van der Waals surface area (Å²) in [4.78, 5) is 11.0. The maximum absolute atomic E-state index is 11.0. The monoisotopic (exact) mass is 227 g/mol. The van der Waals surface area contributed by atoms with E-state index in [-0.39, 0.29) is 5.91 Å². The van der Waals surface area contributed by atoms with E-state index < -0.39 is 6.10 Å². The first kappa shape index (κ1) is 12.0. The SMILES string of the molecule is CC(O)C(=O)NCCc1ccc(Cl)cc1. The highest BCUT2D eigenvalue weighted by Crippen LogP contribution is 2.09. The van der Waals surface area contributed by atoms with E-state index in [0.717, 1.165) is 12.0 Å². The maximum Gasteiger partial charge on any atom is 0.248 e. The van der Waals surface area contributed by atoms with Crippen LogP contribution in [0.25, 0.3) is 0 Å². The summed E-state index contributed by atoms with van der Waals surface area (Å²) >= 11 is 5.73. The van der Waals surface area contributed by atoms with E-state index >= 15 is 0 Å². The minimum absolute atomic E-state index is 0.344. The van der Waals surface area contributed by atoms with Crippen molar-refractivity contribution in [3.8, 4) is 0 Å². The van der Waals surface area contributed by atoms with Crippen molar-refractivity contribution in [3.63, 3.8) is 0 Å². The molecule has 1 amide bonds. The van der Waals surface area contributed by atoms with Crippen molar-refractivity contribution in [1.82, 2.24) is 5.32 Å². The Morgan fingerprint density at radius 2 is 2.07 bits per heavy atom. The van der Waals surface area contributed by atoms with Gasteiger partial charge in [-0.25, -0.2) is 0 Å². The summed E-state index contributed by atoms with van der Waals surface area (Å²) in [5.74, 6) is -0.344. The van der Waals surface area contributed by atoms with E-state index in [9.17, 15) is 4.79 Å². The summed E-state index contributed by atoms with van der Waals surface area (Å²) in [6, 6.07) is 7.45. The number of amides is 1. The van der Waals surface area contributed by atoms with Gasteiger partial charge in [0.05, 0.1) is 0 Å². The topological polar surface area (TPSA) is 49.3 Å². The summed E-state index contributed by atoms with van der Waals surface area (Å²) < 4.78 is 0. The number of carbonyl (C=O) groups is 1. The predicted octanol–water partition coefficient (Wildman–Crippen LogP) is 1.38. The minimum atomic E-state index is -0.949. The fourth-order valence-corrected chi connectivity index (χ4v) is 1.25. The Hall–Kier alpha value is -1.06. The van der Waals surface area contributed by atoms with Gasteiger partial charge in [0.1, 0.15) is 6.10 Å². The average molecular weight is 228 g/mol. The van der Waals surface area contributed by atoms with Crippen molar-refractivity contribution in [2.45, 2.75) is 19.4 Å². The van der Waals surface area contributed by atoms with Gasteiger partial charge in [-0.2, -0.15) is 0 Å². The molecule has 0 spiro atoms. The van der Waals surface area contributed by atoms with E-state index in [1.807, 2.05) is 24.3 Å². The highest BCUT2D eigenvalue weighted by atomic mass is 35.5. The molecular formula is C11H14ClNO2. The summed E-state index contributed by atoms with van der Waals surface area (Å²) in [5, 5.41) is 12.2. The number of aliphatic hydroxyl groups is 1. The van der Waals surface area contributed by atoms with Crippen LogP contribution in [0.4, 0.5) is 0 Å². The molecule has 82 valence electrons. The second-order valence-electron chi connectivity index (χ2n) is 3.34. The molecule has 15 heavy (non-hydrogen) atoms. The Labute approximate surface area is 94.1 Å². The Balaban J connectivity index is 2.32. The highest BCUT2D eigenvalue weighted by molar-refractivity contribution is 6.30. The predicted molar refractivity (Wildman–Crippen MR) is 59.8 cm³/mol. The van der Waals surface area contributed by atoms with Gasteiger partial charge < -0.3 is 10.4 Å². The first-order chi connectivity index (χ1) is 7.09. The van der Waals surface area contributed by atoms with Crippen molar-refractivity contribution in [2.24, 2.45) is 0 Å². The lowest BCUT2D eigenvalue weighted by Crippen LogP contribution is -2.33. The lowest BCUT2D eigenvalue weighted by atomic mass is 10.1. The van der Waals surface area contributed by atoms with Crippen LogP contribution in [-0.2, 0) is 11.2 Å². The lowest BCUT2D eigenvalue weighted by molar-refractivity contribution is -0.128. The molecule has 1 unspecified atom stereocenters. The fraction of sp³-hybridized carbons (Fsp3) is 0.364. The molecule has 4 heteroatoms. The summed E-state index contributed by atoms with van der Waals surface area (Å²) in [5.41, 5.74) is 1.10. The standard InChI is InChI=1S/C11H14ClNO2/c1-8(14)11(15)13-7-6-9-2-4-10(12)5-3-9/h2-5,8,14H,6-7H2,1H3,(H,13,15). The van der Waals surface area contributed by atoms with Crippen LogP contribution in [0.5, 0.6) is 0 Å². The van der Waals surface area contributed by atoms with Crippen LogP contribution in [0.15, 0.2) is 24.3 Å². The molecule has 0 saturated heterocycles. The van der Waals surface area contributed by atoms with Gasteiger partial charge in [0.25, 0.3) is 0 Å². The number of carbonyl (C=O) groups excluding carboxylic acids is 1. The van der Waals surface area contributed by atoms with Crippen LogP contribution in [0.2, 0.25) is 5.02 Å². The molecule has 0 fully saturated rings. The number of nitrogens with one attached hydrogen (secondary N) is 1. The number of hydrogen-bond donors (Lipinski definition) is 2. The smallest absolute Gasteiger partial charge is 0.248 e. The second-order valence-corrected chi connectivity index (χ2v) is 3.78. The summed E-state index contributed by atoms with van der Waals surface area (Å²) in [6.07, 6.45) is -0.217. The first-order valence-corrected chi connectivity index (χ1v) is 5.17. The fourth-order valence-electron chi connectivity index (χ4n) is 1.13. The number of halogens is 1. The molecule has 1 aromatic carbocycles. The normalized spacial score (nSPS) is 12.2. The van der Waals surface area contributed by atoms with Crippen molar-refractivity contribution < 1.29 is 9.90 Å². The van der Waals surface area contributed by atoms with E-state index in [0.29, 0.717) is 11.6 Å². The quantitative estimate of drug-likeness (QED) is 0.817. The third-order valence-corrected chi connectivity index (χ3v) is 2.26. The van der Waals surface area contributed by atoms with Crippen LogP contribution in [-0.4, -0.2) is 23.7 Å². The molecule has 1 atom stereocenters. The van der Waals surface area contributed by atoms with Crippen LogP contribution in [0.3, 0.4) is 0 Å². The molecule has 2 N–H and O–H groups in total. The molecule has 0 aromatic heterocycles. The molecule has 1 aromatic rings. The van der Waals surface area contributed by atoms with E-state index in [1.54, 1.807) is 0 Å². The van der Waals surface area contributed by atoms with Gasteiger partial charge in [0, 0.05) is 11.6 Å². The highest BCUT2D eigenvalue weighted by Gasteiger charge is 2.06. The van der Waals surface area contributed by atoms with Gasteiger partial charge in [-0.1, -0.05) is 23.7 Å². The number of hydrogen-bond acceptors (Lipinski definition) is 2. The van der Waals surface area contributed by atoms with Crippen molar-refractivity contribution in [2.75, 3.05) is 6.54 Å². The molecule has 0 bridgehead atoms. The van der Waals surface area contributed by atoms with Crippen molar-refractivity contribution in [1.29, 1.82) is 0 Å². The van der Waals surface area contributed by atoms with E-state index in [4.69, 9.17) is 16.7 Å². The lowest BCUT2D eigenvalue weighted by Gasteiger charge is -2.06. The molecule has 0 radical (unpaired) electrons. The van der Waals surface area contributed by atoms with Crippen LogP contribution in [0.1, 0.15) is 12.5 Å². The molecule has 0 aliphatic heterocycles. The average Bonchev–Trinajstić information content (AvgIpc) is 2.20. The number of rotatable bonds is 4. The molecule has 0 aliphatic rings. The van der Waals surface area contributed by atoms with Crippen LogP contribution < -0.4 is 5.32 Å². The zero-order valence-electron chi connectivity index (χ0n) is 8.53. The Morgan fingerprint density at radius 3 is 2.60 bits per heavy atom. The van der Waals surface area contributed by atoms with Gasteiger partial charge in [0.2, 0.25) is 5.91 Å². The Morgan fingerprint density at radius 1 is 1.47 bits per heavy atom. The third kappa shape index (κ3) is 4.32. The number of benzene rings is 1. The molecule has 0 aliphatic carbocycles. The number of aliphatic hydroxyl groups excluding tert-OH is 1. The first-order valence-electron chi connectivity index (χ1n) is 4.80. The van der Waals surface area contributed by atoms with Crippen LogP contribution >= 0.6 is 11.6 Å². The zero-order valence-corrected chi connectivity index (χ0v) is 9.29. The van der Waals surface area contributed by atoms with Crippen molar-refractivity contribution >= 4 is 17.5 Å². The largest absolute Gasteiger partial charge is 0.384 e. The Kier molecular flexibility index (Phi) is 4.59. The summed E-state index contributed by atoms with van der Waals surface area (Å²) in [6.45, 7) is 1.96. The van der Waals surface area contributed by atoms with Gasteiger partial charge in [-0.05, 0) is 31.0 Å². The summed E-state index contributed by atoms with van der Waals surface area (Å²) in [7, 11) is 0. The van der Waals surface area contributed by atoms with Crippen LogP contribution in [0, 0.1) is 0 Å². The maximum atomic E-state index is 11.0. The van der Waals surface area contributed by atoms with Gasteiger partial charge in [0.15, 0.2) is 0 Å². The molecule has 3 nitrogen and oxygen atoms in total. The minimum Gasteiger partial charge on any atom is -0.384 e. The van der Waals surface area contributed by atoms with E-state index in [2.05, 4.69) is 5.32 Å². The molecular weight excluding hydrogens is 214 g/mol.